The molecule has 1 aliphatic heterocycles. The summed E-state index contributed by atoms with van der Waals surface area (Å²) in [5.74, 6) is -1.05. The predicted octanol–water partition coefficient (Wildman–Crippen LogP) is 5.75. The first-order chi connectivity index (χ1) is 16.6. The molecule has 0 N–H and O–H groups in total. The summed E-state index contributed by atoms with van der Waals surface area (Å²) in [4.78, 5) is 28.2. The van der Waals surface area contributed by atoms with E-state index in [1.807, 2.05) is 79.7 Å². The first kappa shape index (κ1) is 28.2. The summed E-state index contributed by atoms with van der Waals surface area (Å²) in [6.07, 6.45) is 0.543. The lowest BCUT2D eigenvalue weighted by molar-refractivity contribution is -0.156. The minimum Gasteiger partial charge on any atom is -0.459 e. The number of halogens is 1. The highest BCUT2D eigenvalue weighted by atomic mass is 35.5. The maximum Gasteiger partial charge on any atom is 0.496 e. The molecule has 36 heavy (non-hydrogen) atoms. The first-order valence-electron chi connectivity index (χ1n) is 12.3. The molecule has 1 amide bonds. The molecule has 0 radical (unpaired) electrons. The van der Waals surface area contributed by atoms with Crippen LogP contribution in [0.4, 0.5) is 5.69 Å². The van der Waals surface area contributed by atoms with E-state index in [1.54, 1.807) is 30.1 Å². The fourth-order valence-electron chi connectivity index (χ4n) is 4.10. The van der Waals surface area contributed by atoms with E-state index in [0.29, 0.717) is 28.2 Å². The lowest BCUT2D eigenvalue weighted by atomic mass is 9.78. The van der Waals surface area contributed by atoms with Crippen molar-refractivity contribution in [3.05, 3.63) is 58.6 Å². The van der Waals surface area contributed by atoms with Crippen molar-refractivity contribution < 1.29 is 23.6 Å². The molecule has 0 aliphatic carbocycles. The minimum atomic E-state index is -0.690. The van der Waals surface area contributed by atoms with Gasteiger partial charge in [0.25, 0.3) is 5.91 Å². The van der Waals surface area contributed by atoms with Gasteiger partial charge in [-0.05, 0) is 84.7 Å². The Bertz CT molecular complexity index is 1130. The largest absolute Gasteiger partial charge is 0.496 e. The van der Waals surface area contributed by atoms with Crippen LogP contribution >= 0.6 is 11.6 Å². The van der Waals surface area contributed by atoms with Gasteiger partial charge in [-0.1, -0.05) is 36.7 Å². The maximum atomic E-state index is 13.6. The quantitative estimate of drug-likeness (QED) is 0.363. The van der Waals surface area contributed by atoms with Gasteiger partial charge in [0, 0.05) is 28.8 Å². The van der Waals surface area contributed by atoms with Gasteiger partial charge < -0.3 is 18.9 Å². The molecule has 1 aliphatic rings. The fourth-order valence-corrected chi connectivity index (χ4v) is 4.31. The van der Waals surface area contributed by atoms with Crippen molar-refractivity contribution >= 4 is 41.7 Å². The summed E-state index contributed by atoms with van der Waals surface area (Å²) < 4.78 is 18.0. The normalized spacial score (nSPS) is 17.6. The van der Waals surface area contributed by atoms with Crippen LogP contribution in [0.1, 0.15) is 83.7 Å². The van der Waals surface area contributed by atoms with E-state index in [4.69, 9.17) is 25.6 Å². The number of hydrogen-bond acceptors (Lipinski definition) is 5. The average molecular weight is 514 g/mol. The molecule has 0 saturated carbocycles. The second kappa shape index (κ2) is 10.2. The molecule has 1 heterocycles. The van der Waals surface area contributed by atoms with E-state index in [2.05, 4.69) is 0 Å². The molecule has 3 rings (SSSR count). The number of esters is 1. The predicted molar refractivity (Wildman–Crippen MR) is 145 cm³/mol. The first-order valence-corrected chi connectivity index (χ1v) is 12.7. The van der Waals surface area contributed by atoms with E-state index in [0.717, 1.165) is 5.56 Å². The zero-order chi connectivity index (χ0) is 27.1. The van der Waals surface area contributed by atoms with Crippen LogP contribution in [-0.4, -0.2) is 42.8 Å². The van der Waals surface area contributed by atoms with Crippen molar-refractivity contribution in [3.8, 4) is 0 Å². The van der Waals surface area contributed by atoms with Crippen molar-refractivity contribution in [2.75, 3.05) is 11.9 Å². The zero-order valence-corrected chi connectivity index (χ0v) is 23.5. The smallest absolute Gasteiger partial charge is 0.459 e. The highest BCUT2D eigenvalue weighted by molar-refractivity contribution is 6.65. The van der Waals surface area contributed by atoms with Crippen molar-refractivity contribution in [2.45, 2.75) is 84.5 Å². The van der Waals surface area contributed by atoms with Crippen LogP contribution in [0, 0.1) is 0 Å². The molecule has 1 saturated heterocycles. The van der Waals surface area contributed by atoms with Crippen molar-refractivity contribution in [2.24, 2.45) is 0 Å². The number of carbonyl (C=O) groups excluding carboxylic acids is 2. The SMILES string of the molecule is CCC(C(=O)OC(C)(C)C)c1ccccc1N(C)C(=O)c1ccc(Cl)c(B2OC(C)(C)C(C)(C)O2)c1. The molecule has 194 valence electrons. The van der Waals surface area contributed by atoms with Crippen LogP contribution in [0.5, 0.6) is 0 Å². The van der Waals surface area contributed by atoms with Gasteiger partial charge in [-0.15, -0.1) is 0 Å². The number of para-hydroxylation sites is 1. The topological polar surface area (TPSA) is 65.1 Å². The third kappa shape index (κ3) is 5.79. The van der Waals surface area contributed by atoms with E-state index in [1.165, 1.54) is 0 Å². The van der Waals surface area contributed by atoms with E-state index >= 15 is 0 Å². The number of ether oxygens (including phenoxy) is 1. The highest BCUT2D eigenvalue weighted by Gasteiger charge is 2.52. The molecule has 1 unspecified atom stereocenters. The van der Waals surface area contributed by atoms with E-state index in [-0.39, 0.29) is 11.9 Å². The maximum absolute atomic E-state index is 13.6. The van der Waals surface area contributed by atoms with Gasteiger partial charge in [0.05, 0.1) is 17.1 Å². The Labute approximate surface area is 220 Å². The lowest BCUT2D eigenvalue weighted by Crippen LogP contribution is -2.41. The van der Waals surface area contributed by atoms with E-state index in [9.17, 15) is 9.59 Å². The van der Waals surface area contributed by atoms with Crippen molar-refractivity contribution in [3.63, 3.8) is 0 Å². The Morgan fingerprint density at radius 3 is 2.19 bits per heavy atom. The Hall–Kier alpha value is -2.35. The molecule has 6 nitrogen and oxygen atoms in total. The van der Waals surface area contributed by atoms with Crippen LogP contribution in [0.3, 0.4) is 0 Å². The molecule has 2 aromatic carbocycles. The highest BCUT2D eigenvalue weighted by Crippen LogP contribution is 2.37. The van der Waals surface area contributed by atoms with Gasteiger partial charge in [-0.3, -0.25) is 9.59 Å². The summed E-state index contributed by atoms with van der Waals surface area (Å²) in [7, 11) is 1.01. The summed E-state index contributed by atoms with van der Waals surface area (Å²) in [5, 5.41) is 0.462. The number of amides is 1. The van der Waals surface area contributed by atoms with Crippen LogP contribution in [0.25, 0.3) is 0 Å². The van der Waals surface area contributed by atoms with Gasteiger partial charge in [-0.25, -0.2) is 0 Å². The van der Waals surface area contributed by atoms with Gasteiger partial charge >= 0.3 is 13.1 Å². The van der Waals surface area contributed by atoms with Gasteiger partial charge in [0.15, 0.2) is 0 Å². The molecule has 1 atom stereocenters. The Morgan fingerprint density at radius 2 is 1.64 bits per heavy atom. The minimum absolute atomic E-state index is 0.240. The number of anilines is 1. The standard InChI is InChI=1S/C28H37BClNO5/c1-10-19(25(33)34-26(2,3)4)20-13-11-12-14-23(20)31(9)24(32)18-15-16-22(30)21(17-18)29-35-27(5,6)28(7,8)36-29/h11-17,19H,10H2,1-9H3. The molecule has 8 heteroatoms. The summed E-state index contributed by atoms with van der Waals surface area (Å²) in [5.41, 5.74) is 0.752. The number of benzene rings is 2. The van der Waals surface area contributed by atoms with Gasteiger partial charge in [0.1, 0.15) is 5.60 Å². The summed E-state index contributed by atoms with van der Waals surface area (Å²) >= 11 is 6.50. The molecule has 0 spiro atoms. The number of carbonyl (C=O) groups is 2. The number of nitrogens with zero attached hydrogens (tertiary/aromatic N) is 1. The summed E-state index contributed by atoms with van der Waals surface area (Å²) in [6.45, 7) is 15.3. The second-order valence-corrected chi connectivity index (χ2v) is 11.6. The second-order valence-electron chi connectivity index (χ2n) is 11.2. The Morgan fingerprint density at radius 1 is 1.06 bits per heavy atom. The third-order valence-corrected chi connectivity index (χ3v) is 7.17. The molecule has 1 fully saturated rings. The summed E-state index contributed by atoms with van der Waals surface area (Å²) in [6, 6.07) is 12.5. The molecular weight excluding hydrogens is 477 g/mol. The zero-order valence-electron chi connectivity index (χ0n) is 22.8. The van der Waals surface area contributed by atoms with Crippen molar-refractivity contribution in [1.82, 2.24) is 0 Å². The van der Waals surface area contributed by atoms with Crippen LogP contribution in [-0.2, 0) is 18.8 Å². The lowest BCUT2D eigenvalue weighted by Gasteiger charge is -2.32. The molecule has 0 bridgehead atoms. The molecule has 0 aromatic heterocycles. The third-order valence-electron chi connectivity index (χ3n) is 6.83. The number of hydrogen-bond donors (Lipinski definition) is 0. The van der Waals surface area contributed by atoms with Crippen LogP contribution in [0.15, 0.2) is 42.5 Å². The monoisotopic (exact) mass is 513 g/mol. The van der Waals surface area contributed by atoms with Gasteiger partial charge in [-0.2, -0.15) is 0 Å². The van der Waals surface area contributed by atoms with Crippen LogP contribution < -0.4 is 10.4 Å². The molecule has 2 aromatic rings. The Balaban J connectivity index is 1.93. The number of rotatable bonds is 6. The van der Waals surface area contributed by atoms with Crippen LogP contribution in [0.2, 0.25) is 5.02 Å². The van der Waals surface area contributed by atoms with Crippen molar-refractivity contribution in [1.29, 1.82) is 0 Å². The fraction of sp³-hybridized carbons (Fsp3) is 0.500. The molecular formula is C28H37BClNO5. The average Bonchev–Trinajstić information content (AvgIpc) is 2.99. The Kier molecular flexibility index (Phi) is 7.99. The van der Waals surface area contributed by atoms with E-state index < -0.39 is 29.8 Å². The van der Waals surface area contributed by atoms with Gasteiger partial charge in [0.2, 0.25) is 0 Å².